The molecule has 120 valence electrons. The van der Waals surface area contributed by atoms with Gasteiger partial charge in [0, 0.05) is 11.6 Å². The fraction of sp³-hybridized carbons (Fsp3) is 0.250. The van der Waals surface area contributed by atoms with Crippen LogP contribution in [-0.4, -0.2) is 19.4 Å². The lowest BCUT2D eigenvalue weighted by Crippen LogP contribution is -2.11. The van der Waals surface area contributed by atoms with Crippen molar-refractivity contribution in [3.05, 3.63) is 52.3 Å². The molecule has 0 atom stereocenters. The summed E-state index contributed by atoms with van der Waals surface area (Å²) < 4.78 is 33.7. The first-order chi connectivity index (χ1) is 10.8. The van der Waals surface area contributed by atoms with E-state index >= 15 is 0 Å². The molecular formula is C16H17N3O3S. The molecule has 0 aliphatic carbocycles. The average Bonchev–Trinajstić information content (AvgIpc) is 2.95. The Bertz CT molecular complexity index is 953. The number of hydrogen-bond acceptors (Lipinski definition) is 5. The lowest BCUT2D eigenvalue weighted by molar-refractivity contribution is 0.400. The van der Waals surface area contributed by atoms with Gasteiger partial charge in [0.05, 0.1) is 0 Å². The third kappa shape index (κ3) is 2.79. The number of nitrogens with zero attached hydrogens (tertiary/aromatic N) is 2. The number of aryl methyl sites for hydroxylation is 3. The van der Waals surface area contributed by atoms with E-state index in [1.807, 2.05) is 26.0 Å². The van der Waals surface area contributed by atoms with E-state index in [4.69, 9.17) is 4.52 Å². The maximum absolute atomic E-state index is 12.4. The third-order valence-corrected chi connectivity index (χ3v) is 5.29. The van der Waals surface area contributed by atoms with Crippen molar-refractivity contribution in [2.75, 3.05) is 5.32 Å². The van der Waals surface area contributed by atoms with Gasteiger partial charge in [0.1, 0.15) is 16.5 Å². The van der Waals surface area contributed by atoms with Gasteiger partial charge in [0.15, 0.2) is 5.82 Å². The number of benzene rings is 1. The molecule has 1 N–H and O–H groups in total. The van der Waals surface area contributed by atoms with Gasteiger partial charge in [-0.3, -0.25) is 0 Å². The van der Waals surface area contributed by atoms with Crippen LogP contribution >= 0.6 is 0 Å². The second-order valence-electron chi connectivity index (χ2n) is 5.62. The molecule has 7 heteroatoms. The van der Waals surface area contributed by atoms with Crippen molar-refractivity contribution in [3.8, 4) is 0 Å². The van der Waals surface area contributed by atoms with Crippen molar-refractivity contribution in [2.24, 2.45) is 4.40 Å². The molecule has 0 radical (unpaired) electrons. The lowest BCUT2D eigenvalue weighted by Gasteiger charge is -2.07. The molecule has 0 unspecified atom stereocenters. The minimum Gasteiger partial charge on any atom is -0.360 e. The number of sulfonamides is 1. The van der Waals surface area contributed by atoms with Crippen LogP contribution in [0.25, 0.3) is 4.91 Å². The maximum Gasteiger partial charge on any atom is 0.285 e. The minimum absolute atomic E-state index is 0.225. The van der Waals surface area contributed by atoms with Gasteiger partial charge in [0.2, 0.25) is 0 Å². The van der Waals surface area contributed by atoms with Crippen LogP contribution in [0.2, 0.25) is 0 Å². The summed E-state index contributed by atoms with van der Waals surface area (Å²) >= 11 is 0. The van der Waals surface area contributed by atoms with Crippen LogP contribution in [0, 0.1) is 20.8 Å². The normalized spacial score (nSPS) is 16.6. The fourth-order valence-corrected chi connectivity index (χ4v) is 3.87. The predicted molar refractivity (Wildman–Crippen MR) is 89.7 cm³/mol. The van der Waals surface area contributed by atoms with Gasteiger partial charge < -0.3 is 9.84 Å². The highest BCUT2D eigenvalue weighted by Gasteiger charge is 2.31. The van der Waals surface area contributed by atoms with Crippen molar-refractivity contribution >= 4 is 26.6 Å². The van der Waals surface area contributed by atoms with Gasteiger partial charge in [-0.05, 0) is 44.4 Å². The van der Waals surface area contributed by atoms with E-state index in [1.165, 1.54) is 0 Å². The molecule has 0 saturated heterocycles. The molecule has 3 rings (SSSR count). The summed E-state index contributed by atoms with van der Waals surface area (Å²) in [6.07, 6.45) is 0. The number of aromatic nitrogens is 1. The van der Waals surface area contributed by atoms with Crippen LogP contribution in [0.15, 0.2) is 38.8 Å². The molecule has 0 saturated carbocycles. The smallest absolute Gasteiger partial charge is 0.285 e. The van der Waals surface area contributed by atoms with Crippen LogP contribution in [0.1, 0.15) is 29.4 Å². The Hall–Kier alpha value is -2.41. The molecule has 2 heterocycles. The Labute approximate surface area is 135 Å². The quantitative estimate of drug-likeness (QED) is 0.913. The van der Waals surface area contributed by atoms with Crippen LogP contribution in [0.5, 0.6) is 0 Å². The Morgan fingerprint density at radius 1 is 1.04 bits per heavy atom. The maximum atomic E-state index is 12.4. The first kappa shape index (κ1) is 15.5. The van der Waals surface area contributed by atoms with E-state index in [0.717, 1.165) is 11.1 Å². The standard InChI is InChI=1S/C16H17N3O3S/c1-9-5-6-13(7-10(9)2)15-12(4)16(19-23(15,20)21)17-14-8-11(3)22-18-14/h5-8H,1-4H3,(H,17,18,19). The molecule has 2 aromatic rings. The van der Waals surface area contributed by atoms with Gasteiger partial charge in [-0.2, -0.15) is 8.42 Å². The van der Waals surface area contributed by atoms with E-state index in [1.54, 1.807) is 26.0 Å². The molecule has 0 amide bonds. The van der Waals surface area contributed by atoms with Gasteiger partial charge in [-0.15, -0.1) is 4.40 Å². The molecular weight excluding hydrogens is 314 g/mol. The van der Waals surface area contributed by atoms with E-state index in [9.17, 15) is 8.42 Å². The molecule has 0 fully saturated rings. The SMILES string of the molecule is CC1=C(c2ccc(C)c(C)c2)S(=O)(=O)N=C1Nc1cc(C)on1. The molecule has 1 aliphatic rings. The van der Waals surface area contributed by atoms with E-state index in [0.29, 0.717) is 22.7 Å². The van der Waals surface area contributed by atoms with Gasteiger partial charge in [-0.25, -0.2) is 0 Å². The summed E-state index contributed by atoms with van der Waals surface area (Å²) in [5, 5.41) is 6.70. The molecule has 0 bridgehead atoms. The summed E-state index contributed by atoms with van der Waals surface area (Å²) in [4.78, 5) is 0.225. The topological polar surface area (TPSA) is 84.6 Å². The highest BCUT2D eigenvalue weighted by molar-refractivity contribution is 8.00. The Morgan fingerprint density at radius 2 is 1.78 bits per heavy atom. The van der Waals surface area contributed by atoms with Crippen molar-refractivity contribution in [1.82, 2.24) is 5.16 Å². The highest BCUT2D eigenvalue weighted by atomic mass is 32.2. The van der Waals surface area contributed by atoms with Crippen molar-refractivity contribution in [2.45, 2.75) is 27.7 Å². The fourth-order valence-electron chi connectivity index (χ4n) is 2.45. The van der Waals surface area contributed by atoms with Crippen molar-refractivity contribution in [3.63, 3.8) is 0 Å². The number of hydrogen-bond donors (Lipinski definition) is 1. The zero-order valence-corrected chi connectivity index (χ0v) is 14.2. The van der Waals surface area contributed by atoms with Crippen LogP contribution in [-0.2, 0) is 10.0 Å². The summed E-state index contributed by atoms with van der Waals surface area (Å²) in [5.74, 6) is 1.33. The lowest BCUT2D eigenvalue weighted by atomic mass is 10.0. The van der Waals surface area contributed by atoms with Gasteiger partial charge in [0.25, 0.3) is 10.0 Å². The zero-order valence-electron chi connectivity index (χ0n) is 13.3. The molecule has 23 heavy (non-hydrogen) atoms. The molecule has 0 spiro atoms. The van der Waals surface area contributed by atoms with Gasteiger partial charge in [-0.1, -0.05) is 23.4 Å². The summed E-state index contributed by atoms with van der Waals surface area (Å²) in [6, 6.07) is 7.26. The number of amidine groups is 1. The van der Waals surface area contributed by atoms with E-state index in [2.05, 4.69) is 14.9 Å². The van der Waals surface area contributed by atoms with E-state index < -0.39 is 10.0 Å². The van der Waals surface area contributed by atoms with Crippen LogP contribution < -0.4 is 5.32 Å². The second-order valence-corrected chi connectivity index (χ2v) is 7.16. The molecule has 1 aliphatic heterocycles. The number of rotatable bonds is 2. The first-order valence-corrected chi connectivity index (χ1v) is 8.56. The Morgan fingerprint density at radius 3 is 2.39 bits per heavy atom. The Balaban J connectivity index is 2.04. The summed E-state index contributed by atoms with van der Waals surface area (Å²) in [6.45, 7) is 7.43. The van der Waals surface area contributed by atoms with Crippen LogP contribution in [0.4, 0.5) is 5.82 Å². The zero-order chi connectivity index (χ0) is 16.8. The van der Waals surface area contributed by atoms with E-state index in [-0.39, 0.29) is 10.7 Å². The van der Waals surface area contributed by atoms with Crippen LogP contribution in [0.3, 0.4) is 0 Å². The average molecular weight is 331 g/mol. The summed E-state index contributed by atoms with van der Waals surface area (Å²) in [5.41, 5.74) is 3.35. The molecule has 1 aromatic heterocycles. The highest BCUT2D eigenvalue weighted by Crippen LogP contribution is 2.33. The number of anilines is 1. The monoisotopic (exact) mass is 331 g/mol. The summed E-state index contributed by atoms with van der Waals surface area (Å²) in [7, 11) is -3.73. The van der Waals surface area contributed by atoms with Gasteiger partial charge >= 0.3 is 0 Å². The third-order valence-electron chi connectivity index (χ3n) is 3.81. The Kier molecular flexibility index (Phi) is 3.60. The van der Waals surface area contributed by atoms with Crippen molar-refractivity contribution in [1.29, 1.82) is 0 Å². The molecule has 6 nitrogen and oxygen atoms in total. The second kappa shape index (κ2) is 5.34. The largest absolute Gasteiger partial charge is 0.360 e. The predicted octanol–water partition coefficient (Wildman–Crippen LogP) is 3.18. The molecule has 1 aromatic carbocycles. The number of nitrogens with one attached hydrogen (secondary N) is 1. The first-order valence-electron chi connectivity index (χ1n) is 7.12. The van der Waals surface area contributed by atoms with Crippen molar-refractivity contribution < 1.29 is 12.9 Å². The minimum atomic E-state index is -3.73.